The minimum Gasteiger partial charge on any atom is -0.196 e. The first-order valence-electron chi connectivity index (χ1n) is 4.62. The molecule has 1 aromatic rings. The van der Waals surface area contributed by atoms with Gasteiger partial charge in [0.25, 0.3) is 0 Å². The third-order valence-corrected chi connectivity index (χ3v) is 2.54. The van der Waals surface area contributed by atoms with Crippen LogP contribution < -0.4 is 4.57 Å². The second-order valence-electron chi connectivity index (χ2n) is 3.63. The van der Waals surface area contributed by atoms with Crippen molar-refractivity contribution in [3.63, 3.8) is 0 Å². The lowest BCUT2D eigenvalue weighted by Crippen LogP contribution is -2.52. The first-order chi connectivity index (χ1) is 6.31. The zero-order valence-electron chi connectivity index (χ0n) is 7.85. The lowest BCUT2D eigenvalue weighted by atomic mass is 9.93. The van der Waals surface area contributed by atoms with E-state index in [0.717, 1.165) is 6.42 Å². The summed E-state index contributed by atoms with van der Waals surface area (Å²) < 4.78 is 2.24. The van der Waals surface area contributed by atoms with Gasteiger partial charge in [0.05, 0.1) is 0 Å². The topological polar surface area (TPSA) is 3.88 Å². The highest BCUT2D eigenvalue weighted by atomic mass is 15.0. The summed E-state index contributed by atoms with van der Waals surface area (Å²) in [6, 6.07) is 6.18. The fraction of sp³-hybridized carbons (Fsp3) is 0.250. The van der Waals surface area contributed by atoms with E-state index in [9.17, 15) is 0 Å². The average molecular weight is 172 g/mol. The molecule has 2 rings (SSSR count). The van der Waals surface area contributed by atoms with Crippen LogP contribution in [0.25, 0.3) is 0 Å². The molecule has 1 atom stereocenters. The molecule has 1 aromatic heterocycles. The van der Waals surface area contributed by atoms with Crippen molar-refractivity contribution in [2.45, 2.75) is 18.9 Å². The first kappa shape index (κ1) is 8.24. The summed E-state index contributed by atoms with van der Waals surface area (Å²) in [5.41, 5.74) is 0.121. The second kappa shape index (κ2) is 3.17. The minimum atomic E-state index is 0.121. The van der Waals surface area contributed by atoms with Crippen LogP contribution >= 0.6 is 0 Å². The fourth-order valence-corrected chi connectivity index (χ4v) is 1.65. The van der Waals surface area contributed by atoms with Gasteiger partial charge in [-0.1, -0.05) is 24.3 Å². The molecule has 66 valence electrons. The highest BCUT2D eigenvalue weighted by Gasteiger charge is 2.30. The van der Waals surface area contributed by atoms with E-state index in [4.69, 9.17) is 0 Å². The van der Waals surface area contributed by atoms with Gasteiger partial charge in [0, 0.05) is 25.5 Å². The molecule has 13 heavy (non-hydrogen) atoms. The van der Waals surface area contributed by atoms with Gasteiger partial charge in [-0.2, -0.15) is 4.57 Å². The van der Waals surface area contributed by atoms with Crippen molar-refractivity contribution in [2.75, 3.05) is 0 Å². The molecular formula is C12H14N+. The summed E-state index contributed by atoms with van der Waals surface area (Å²) in [6.07, 6.45) is 14.0. The Labute approximate surface area is 79.0 Å². The molecule has 1 aliphatic rings. The van der Waals surface area contributed by atoms with Crippen LogP contribution in [0.2, 0.25) is 0 Å². The predicted octanol–water partition coefficient (Wildman–Crippen LogP) is 2.21. The van der Waals surface area contributed by atoms with E-state index < -0.39 is 0 Å². The van der Waals surface area contributed by atoms with Gasteiger partial charge in [0.2, 0.25) is 0 Å². The van der Waals surface area contributed by atoms with Crippen LogP contribution in [-0.4, -0.2) is 0 Å². The lowest BCUT2D eigenvalue weighted by molar-refractivity contribution is -0.748. The summed E-state index contributed by atoms with van der Waals surface area (Å²) in [5.74, 6) is 0. The van der Waals surface area contributed by atoms with Gasteiger partial charge in [-0.25, -0.2) is 0 Å². The van der Waals surface area contributed by atoms with Crippen molar-refractivity contribution in [3.8, 4) is 0 Å². The smallest absolute Gasteiger partial charge is 0.187 e. The SMILES string of the molecule is CC1([n+]2ccccc2)C=CC=CC1. The third-order valence-electron chi connectivity index (χ3n) is 2.54. The Morgan fingerprint density at radius 2 is 1.85 bits per heavy atom. The van der Waals surface area contributed by atoms with E-state index in [2.05, 4.69) is 60.3 Å². The number of aromatic nitrogens is 1. The zero-order valence-corrected chi connectivity index (χ0v) is 7.85. The number of nitrogens with zero attached hydrogens (tertiary/aromatic N) is 1. The second-order valence-corrected chi connectivity index (χ2v) is 3.63. The lowest BCUT2D eigenvalue weighted by Gasteiger charge is -2.20. The van der Waals surface area contributed by atoms with Crippen LogP contribution in [0.5, 0.6) is 0 Å². The Bertz CT molecular complexity index is 337. The van der Waals surface area contributed by atoms with E-state index in [0.29, 0.717) is 0 Å². The number of allylic oxidation sites excluding steroid dienone is 4. The molecule has 1 nitrogen and oxygen atoms in total. The van der Waals surface area contributed by atoms with Gasteiger partial charge in [0.1, 0.15) is 0 Å². The summed E-state index contributed by atoms with van der Waals surface area (Å²) >= 11 is 0. The molecule has 0 saturated carbocycles. The van der Waals surface area contributed by atoms with E-state index in [1.807, 2.05) is 6.07 Å². The van der Waals surface area contributed by atoms with Gasteiger partial charge in [-0.15, -0.1) is 0 Å². The van der Waals surface area contributed by atoms with Crippen LogP contribution in [0.1, 0.15) is 13.3 Å². The van der Waals surface area contributed by atoms with Gasteiger partial charge >= 0.3 is 0 Å². The Kier molecular flexibility index (Phi) is 2.01. The number of rotatable bonds is 1. The molecular weight excluding hydrogens is 158 g/mol. The molecule has 0 fully saturated rings. The van der Waals surface area contributed by atoms with Gasteiger partial charge < -0.3 is 0 Å². The van der Waals surface area contributed by atoms with E-state index in [-0.39, 0.29) is 5.54 Å². The molecule has 1 heterocycles. The van der Waals surface area contributed by atoms with E-state index in [1.54, 1.807) is 0 Å². The van der Waals surface area contributed by atoms with Crippen molar-refractivity contribution in [1.82, 2.24) is 0 Å². The standard InChI is InChI=1S/C12H14N/c1-12(8-4-2-5-9-12)13-10-6-3-7-11-13/h2-8,10-11H,9H2,1H3/q+1. The number of pyridine rings is 1. The minimum absolute atomic E-state index is 0.121. The van der Waals surface area contributed by atoms with E-state index in [1.165, 1.54) is 0 Å². The average Bonchev–Trinajstić information content (AvgIpc) is 2.20. The van der Waals surface area contributed by atoms with Crippen molar-refractivity contribution in [2.24, 2.45) is 0 Å². The number of hydrogen-bond donors (Lipinski definition) is 0. The quantitative estimate of drug-likeness (QED) is 0.572. The Morgan fingerprint density at radius 3 is 2.46 bits per heavy atom. The molecule has 0 spiro atoms. The Morgan fingerprint density at radius 1 is 1.08 bits per heavy atom. The van der Waals surface area contributed by atoms with Crippen LogP contribution in [-0.2, 0) is 5.54 Å². The van der Waals surface area contributed by atoms with Gasteiger partial charge in [0.15, 0.2) is 17.9 Å². The monoisotopic (exact) mass is 172 g/mol. The summed E-state index contributed by atoms with van der Waals surface area (Å²) in [5, 5.41) is 0. The highest BCUT2D eigenvalue weighted by Crippen LogP contribution is 2.18. The molecule has 0 aliphatic heterocycles. The van der Waals surface area contributed by atoms with Crippen molar-refractivity contribution < 1.29 is 4.57 Å². The maximum atomic E-state index is 2.24. The molecule has 0 aromatic carbocycles. The van der Waals surface area contributed by atoms with Gasteiger partial charge in [-0.3, -0.25) is 0 Å². The van der Waals surface area contributed by atoms with Gasteiger partial charge in [-0.05, 0) is 6.08 Å². The fourth-order valence-electron chi connectivity index (χ4n) is 1.65. The summed E-state index contributed by atoms with van der Waals surface area (Å²) in [6.45, 7) is 2.24. The first-order valence-corrected chi connectivity index (χ1v) is 4.62. The highest BCUT2D eigenvalue weighted by molar-refractivity contribution is 5.14. The van der Waals surface area contributed by atoms with E-state index >= 15 is 0 Å². The molecule has 0 N–H and O–H groups in total. The summed E-state index contributed by atoms with van der Waals surface area (Å²) in [7, 11) is 0. The van der Waals surface area contributed by atoms with Crippen molar-refractivity contribution >= 4 is 0 Å². The zero-order chi connectivity index (χ0) is 9.15. The third kappa shape index (κ3) is 1.55. The molecule has 1 heteroatoms. The molecule has 1 unspecified atom stereocenters. The maximum Gasteiger partial charge on any atom is 0.187 e. The van der Waals surface area contributed by atoms with Crippen molar-refractivity contribution in [3.05, 3.63) is 54.9 Å². The predicted molar refractivity (Wildman–Crippen MR) is 53.2 cm³/mol. The van der Waals surface area contributed by atoms with Crippen molar-refractivity contribution in [1.29, 1.82) is 0 Å². The largest absolute Gasteiger partial charge is 0.196 e. The maximum absolute atomic E-state index is 2.24. The normalized spacial score (nSPS) is 26.2. The Balaban J connectivity index is 2.35. The number of hydrogen-bond acceptors (Lipinski definition) is 0. The molecule has 0 saturated heterocycles. The molecule has 1 aliphatic carbocycles. The molecule has 0 radical (unpaired) electrons. The van der Waals surface area contributed by atoms with Crippen LogP contribution in [0, 0.1) is 0 Å². The van der Waals surface area contributed by atoms with Crippen LogP contribution in [0.4, 0.5) is 0 Å². The van der Waals surface area contributed by atoms with Crippen LogP contribution in [0.15, 0.2) is 54.9 Å². The summed E-state index contributed by atoms with van der Waals surface area (Å²) in [4.78, 5) is 0. The molecule has 0 bridgehead atoms. The molecule has 0 amide bonds. The van der Waals surface area contributed by atoms with Crippen LogP contribution in [0.3, 0.4) is 0 Å². The Hall–Kier alpha value is -1.37.